The monoisotopic (exact) mass is 335 g/mol. The van der Waals surface area contributed by atoms with Gasteiger partial charge in [-0.15, -0.1) is 0 Å². The van der Waals surface area contributed by atoms with Crippen molar-refractivity contribution in [2.75, 3.05) is 13.1 Å². The van der Waals surface area contributed by atoms with Gasteiger partial charge in [-0.25, -0.2) is 0 Å². The van der Waals surface area contributed by atoms with Crippen LogP contribution in [-0.4, -0.2) is 43.9 Å². The number of nitrogens with zero attached hydrogens (tertiary/aromatic N) is 5. The predicted molar refractivity (Wildman–Crippen MR) is 96.0 cm³/mol. The summed E-state index contributed by atoms with van der Waals surface area (Å²) in [5.74, 6) is 0.0107. The van der Waals surface area contributed by atoms with Crippen molar-refractivity contribution in [2.24, 2.45) is 0 Å². The Bertz CT molecular complexity index is 827. The highest BCUT2D eigenvalue weighted by molar-refractivity contribution is 5.95. The van der Waals surface area contributed by atoms with Gasteiger partial charge in [0, 0.05) is 36.6 Å². The molecule has 0 saturated heterocycles. The van der Waals surface area contributed by atoms with Crippen LogP contribution in [0.4, 0.5) is 0 Å². The van der Waals surface area contributed by atoms with E-state index in [-0.39, 0.29) is 5.91 Å². The average Bonchev–Trinajstić information content (AvgIpc) is 3.16. The minimum absolute atomic E-state index is 0.0107. The molecule has 0 aliphatic carbocycles. The Morgan fingerprint density at radius 1 is 1.16 bits per heavy atom. The van der Waals surface area contributed by atoms with Crippen molar-refractivity contribution >= 4 is 5.91 Å². The van der Waals surface area contributed by atoms with Gasteiger partial charge in [0.15, 0.2) is 0 Å². The topological polar surface area (TPSA) is 63.9 Å². The van der Waals surface area contributed by atoms with Crippen LogP contribution in [0.25, 0.3) is 11.3 Å². The number of carbonyl (C=O) groups excluding carboxylic acids is 1. The fourth-order valence-corrected chi connectivity index (χ4v) is 2.61. The van der Waals surface area contributed by atoms with E-state index in [0.29, 0.717) is 25.2 Å². The number of aryl methyl sites for hydroxylation is 1. The van der Waals surface area contributed by atoms with E-state index in [0.717, 1.165) is 17.0 Å². The molecule has 1 amide bonds. The number of amides is 1. The number of hydrogen-bond donors (Lipinski definition) is 0. The van der Waals surface area contributed by atoms with Crippen LogP contribution in [0.15, 0.2) is 54.9 Å². The van der Waals surface area contributed by atoms with Crippen molar-refractivity contribution in [1.29, 1.82) is 0 Å². The number of aromatic nitrogens is 4. The van der Waals surface area contributed by atoms with Crippen LogP contribution < -0.4 is 0 Å². The maximum atomic E-state index is 12.8. The number of hydrogen-bond acceptors (Lipinski definition) is 4. The first-order valence-corrected chi connectivity index (χ1v) is 8.35. The zero-order chi connectivity index (χ0) is 17.6. The molecule has 6 heteroatoms. The zero-order valence-corrected chi connectivity index (χ0v) is 14.5. The summed E-state index contributed by atoms with van der Waals surface area (Å²) in [6.45, 7) is 5.82. The van der Waals surface area contributed by atoms with E-state index in [1.807, 2.05) is 72.1 Å². The quantitative estimate of drug-likeness (QED) is 0.695. The van der Waals surface area contributed by atoms with Crippen LogP contribution in [0.3, 0.4) is 0 Å². The van der Waals surface area contributed by atoms with Crippen LogP contribution in [0.5, 0.6) is 0 Å². The van der Waals surface area contributed by atoms with Gasteiger partial charge in [0.25, 0.3) is 5.91 Å². The van der Waals surface area contributed by atoms with Gasteiger partial charge >= 0.3 is 0 Å². The minimum Gasteiger partial charge on any atom is -0.337 e. The van der Waals surface area contributed by atoms with Gasteiger partial charge in [-0.2, -0.15) is 15.3 Å². The number of rotatable bonds is 6. The van der Waals surface area contributed by atoms with Gasteiger partial charge in [-0.05, 0) is 44.2 Å². The molecule has 2 heterocycles. The van der Waals surface area contributed by atoms with Gasteiger partial charge in [-0.3, -0.25) is 9.48 Å². The van der Waals surface area contributed by atoms with Crippen molar-refractivity contribution in [3.63, 3.8) is 0 Å². The Morgan fingerprint density at radius 2 is 2.04 bits per heavy atom. The summed E-state index contributed by atoms with van der Waals surface area (Å²) >= 11 is 0. The molecule has 0 N–H and O–H groups in total. The molecule has 0 spiro atoms. The van der Waals surface area contributed by atoms with Crippen molar-refractivity contribution < 1.29 is 4.79 Å². The SMILES string of the molecule is CCN(CCn1cccn1)C(=O)c1cccc(-c2ccc(C)nn2)c1. The summed E-state index contributed by atoms with van der Waals surface area (Å²) < 4.78 is 1.83. The lowest BCUT2D eigenvalue weighted by Gasteiger charge is -2.21. The van der Waals surface area contributed by atoms with E-state index in [2.05, 4.69) is 15.3 Å². The molecule has 0 atom stereocenters. The Morgan fingerprint density at radius 3 is 2.72 bits per heavy atom. The van der Waals surface area contributed by atoms with Crippen molar-refractivity contribution in [3.8, 4) is 11.3 Å². The zero-order valence-electron chi connectivity index (χ0n) is 14.5. The molecular formula is C19H21N5O. The molecule has 0 aliphatic rings. The summed E-state index contributed by atoms with van der Waals surface area (Å²) in [5, 5.41) is 12.5. The highest BCUT2D eigenvalue weighted by Gasteiger charge is 2.15. The van der Waals surface area contributed by atoms with E-state index < -0.39 is 0 Å². The van der Waals surface area contributed by atoms with Crippen LogP contribution >= 0.6 is 0 Å². The molecule has 6 nitrogen and oxygen atoms in total. The van der Waals surface area contributed by atoms with E-state index >= 15 is 0 Å². The van der Waals surface area contributed by atoms with Crippen molar-refractivity contribution in [1.82, 2.24) is 24.9 Å². The average molecular weight is 335 g/mol. The predicted octanol–water partition coefficient (Wildman–Crippen LogP) is 2.81. The van der Waals surface area contributed by atoms with Gasteiger partial charge in [0.1, 0.15) is 0 Å². The Kier molecular flexibility index (Phi) is 5.18. The minimum atomic E-state index is 0.0107. The summed E-state index contributed by atoms with van der Waals surface area (Å²) in [7, 11) is 0. The smallest absolute Gasteiger partial charge is 0.253 e. The van der Waals surface area contributed by atoms with Gasteiger partial charge < -0.3 is 4.90 Å². The van der Waals surface area contributed by atoms with E-state index in [1.54, 1.807) is 6.20 Å². The summed E-state index contributed by atoms with van der Waals surface area (Å²) in [4.78, 5) is 14.7. The van der Waals surface area contributed by atoms with Crippen LogP contribution in [0.2, 0.25) is 0 Å². The lowest BCUT2D eigenvalue weighted by molar-refractivity contribution is 0.0757. The molecule has 128 valence electrons. The largest absolute Gasteiger partial charge is 0.337 e. The summed E-state index contributed by atoms with van der Waals surface area (Å²) in [5.41, 5.74) is 3.18. The molecule has 1 aromatic carbocycles. The molecule has 0 aliphatic heterocycles. The maximum absolute atomic E-state index is 12.8. The Hall–Kier alpha value is -3.02. The first kappa shape index (κ1) is 16.8. The Balaban J connectivity index is 1.76. The third kappa shape index (κ3) is 4.09. The molecular weight excluding hydrogens is 314 g/mol. The standard InChI is InChI=1S/C19H21N5O/c1-3-23(12-13-24-11-5-10-20-24)19(25)17-7-4-6-16(14-17)18-9-8-15(2)21-22-18/h4-11,14H,3,12-13H2,1-2H3. The number of carbonyl (C=O) groups is 1. The molecule has 0 unspecified atom stereocenters. The first-order chi connectivity index (χ1) is 12.2. The first-order valence-electron chi connectivity index (χ1n) is 8.35. The maximum Gasteiger partial charge on any atom is 0.253 e. The Labute approximate surface area is 147 Å². The van der Waals surface area contributed by atoms with Crippen LogP contribution in [0.1, 0.15) is 23.0 Å². The summed E-state index contributed by atoms with van der Waals surface area (Å²) in [6, 6.07) is 13.2. The lowest BCUT2D eigenvalue weighted by atomic mass is 10.1. The summed E-state index contributed by atoms with van der Waals surface area (Å²) in [6.07, 6.45) is 3.64. The van der Waals surface area contributed by atoms with Gasteiger partial charge in [0.2, 0.25) is 0 Å². The molecule has 0 saturated carbocycles. The molecule has 0 bridgehead atoms. The fourth-order valence-electron chi connectivity index (χ4n) is 2.61. The van der Waals surface area contributed by atoms with Gasteiger partial charge in [0.05, 0.1) is 17.9 Å². The van der Waals surface area contributed by atoms with Crippen LogP contribution in [-0.2, 0) is 6.54 Å². The number of benzene rings is 1. The van der Waals surface area contributed by atoms with E-state index in [1.165, 1.54) is 0 Å². The molecule has 3 rings (SSSR count). The van der Waals surface area contributed by atoms with E-state index in [9.17, 15) is 4.79 Å². The van der Waals surface area contributed by atoms with Crippen LogP contribution in [0, 0.1) is 6.92 Å². The molecule has 0 radical (unpaired) electrons. The second kappa shape index (κ2) is 7.70. The van der Waals surface area contributed by atoms with Gasteiger partial charge in [-0.1, -0.05) is 12.1 Å². The number of likely N-dealkylation sites (N-methyl/N-ethyl adjacent to an activating group) is 1. The van der Waals surface area contributed by atoms with Crippen molar-refractivity contribution in [3.05, 3.63) is 66.1 Å². The normalized spacial score (nSPS) is 10.6. The lowest BCUT2D eigenvalue weighted by Crippen LogP contribution is -2.33. The molecule has 25 heavy (non-hydrogen) atoms. The molecule has 3 aromatic rings. The molecule has 0 fully saturated rings. The second-order valence-electron chi connectivity index (χ2n) is 5.79. The third-order valence-electron chi connectivity index (χ3n) is 4.03. The van der Waals surface area contributed by atoms with Crippen molar-refractivity contribution in [2.45, 2.75) is 20.4 Å². The highest BCUT2D eigenvalue weighted by atomic mass is 16.2. The molecule has 2 aromatic heterocycles. The highest BCUT2D eigenvalue weighted by Crippen LogP contribution is 2.18. The third-order valence-corrected chi connectivity index (χ3v) is 4.03. The second-order valence-corrected chi connectivity index (χ2v) is 5.79. The fraction of sp³-hybridized carbons (Fsp3) is 0.263. The van der Waals surface area contributed by atoms with E-state index in [4.69, 9.17) is 0 Å².